The van der Waals surface area contributed by atoms with Crippen molar-refractivity contribution in [3.05, 3.63) is 18.0 Å². The van der Waals surface area contributed by atoms with Gasteiger partial charge in [0.25, 0.3) is 0 Å². The molecule has 8 nitrogen and oxygen atoms in total. The van der Waals surface area contributed by atoms with Crippen molar-refractivity contribution in [1.29, 1.82) is 0 Å². The summed E-state index contributed by atoms with van der Waals surface area (Å²) in [4.78, 5) is 22.4. The van der Waals surface area contributed by atoms with Crippen LogP contribution in [-0.2, 0) is 21.9 Å². The molecule has 1 unspecified atom stereocenters. The van der Waals surface area contributed by atoms with Crippen molar-refractivity contribution < 1.29 is 23.1 Å². The number of aryl methyl sites for hydroxylation is 1. The van der Waals surface area contributed by atoms with E-state index in [1.165, 1.54) is 24.7 Å². The van der Waals surface area contributed by atoms with Crippen LogP contribution in [0.4, 0.5) is 0 Å². The van der Waals surface area contributed by atoms with E-state index in [0.717, 1.165) is 10.4 Å². The van der Waals surface area contributed by atoms with Gasteiger partial charge in [0.15, 0.2) is 0 Å². The average Bonchev–Trinajstić information content (AvgIpc) is 2.75. The van der Waals surface area contributed by atoms with Gasteiger partial charge in [-0.3, -0.25) is 4.79 Å². The van der Waals surface area contributed by atoms with Crippen LogP contribution in [-0.4, -0.2) is 53.4 Å². The van der Waals surface area contributed by atoms with Gasteiger partial charge < -0.3 is 15.0 Å². The fraction of sp³-hybridized carbons (Fsp3) is 0.455. The molecule has 0 saturated carbocycles. The number of aromatic carboxylic acids is 1. The lowest BCUT2D eigenvalue weighted by Gasteiger charge is -2.31. The summed E-state index contributed by atoms with van der Waals surface area (Å²) in [5, 5.41) is 11.5. The Morgan fingerprint density at radius 2 is 2.15 bits per heavy atom. The lowest BCUT2D eigenvalue weighted by molar-refractivity contribution is -0.126. The fourth-order valence-corrected chi connectivity index (χ4v) is 3.78. The summed E-state index contributed by atoms with van der Waals surface area (Å²) < 4.78 is 27.2. The summed E-state index contributed by atoms with van der Waals surface area (Å²) in [6.45, 7) is 1.89. The normalized spacial score (nSPS) is 20.7. The summed E-state index contributed by atoms with van der Waals surface area (Å²) in [5.74, 6) is -1.58. The van der Waals surface area contributed by atoms with Crippen LogP contribution in [0.5, 0.6) is 0 Å². The summed E-state index contributed by atoms with van der Waals surface area (Å²) in [7, 11) is -2.44. The molecule has 1 saturated heterocycles. The fourth-order valence-electron chi connectivity index (χ4n) is 2.11. The zero-order valence-corrected chi connectivity index (χ0v) is 11.8. The first-order valence-corrected chi connectivity index (χ1v) is 7.38. The first-order valence-electron chi connectivity index (χ1n) is 5.94. The molecule has 0 aromatic carbocycles. The Morgan fingerprint density at radius 1 is 1.50 bits per heavy atom. The number of piperazine rings is 1. The molecule has 1 aromatic rings. The Bertz CT molecular complexity index is 664. The van der Waals surface area contributed by atoms with Gasteiger partial charge in [-0.15, -0.1) is 0 Å². The Hall–Kier alpha value is -1.87. The molecular weight excluding hydrogens is 286 g/mol. The van der Waals surface area contributed by atoms with E-state index in [4.69, 9.17) is 5.11 Å². The van der Waals surface area contributed by atoms with Crippen LogP contribution in [0.15, 0.2) is 17.2 Å². The lowest BCUT2D eigenvalue weighted by atomic mass is 10.2. The monoisotopic (exact) mass is 301 g/mol. The molecule has 110 valence electrons. The van der Waals surface area contributed by atoms with Gasteiger partial charge in [0.1, 0.15) is 16.6 Å². The standard InChI is InChI=1S/C11H15N3O5S/c1-7-10(15)12-3-4-14(7)20(18,19)8-5-9(11(16)17)13(2)6-8/h5-7H,3-4H2,1-2H3,(H,12,15)(H,16,17). The van der Waals surface area contributed by atoms with Crippen molar-refractivity contribution in [1.82, 2.24) is 14.2 Å². The van der Waals surface area contributed by atoms with Crippen LogP contribution in [0.25, 0.3) is 0 Å². The minimum Gasteiger partial charge on any atom is -0.477 e. The van der Waals surface area contributed by atoms with Crippen LogP contribution in [0, 0.1) is 0 Å². The molecule has 1 atom stereocenters. The van der Waals surface area contributed by atoms with Crippen LogP contribution in [0.2, 0.25) is 0 Å². The van der Waals surface area contributed by atoms with E-state index >= 15 is 0 Å². The zero-order chi connectivity index (χ0) is 15.1. The lowest BCUT2D eigenvalue weighted by Crippen LogP contribution is -2.55. The molecule has 1 aromatic heterocycles. The highest BCUT2D eigenvalue weighted by atomic mass is 32.2. The number of nitrogens with one attached hydrogen (secondary N) is 1. The number of sulfonamides is 1. The number of carbonyl (C=O) groups is 2. The highest BCUT2D eigenvalue weighted by Crippen LogP contribution is 2.21. The van der Waals surface area contributed by atoms with E-state index in [2.05, 4.69) is 5.32 Å². The molecule has 0 bridgehead atoms. The van der Waals surface area contributed by atoms with Crippen LogP contribution in [0.1, 0.15) is 17.4 Å². The van der Waals surface area contributed by atoms with Crippen LogP contribution < -0.4 is 5.32 Å². The Morgan fingerprint density at radius 3 is 2.70 bits per heavy atom. The maximum absolute atomic E-state index is 12.5. The third kappa shape index (κ3) is 2.29. The molecular formula is C11H15N3O5S. The minimum atomic E-state index is -3.89. The SMILES string of the molecule is CC1C(=O)NCCN1S(=O)(=O)c1cc(C(=O)O)n(C)c1. The molecule has 0 aliphatic carbocycles. The van der Waals surface area contributed by atoms with Gasteiger partial charge >= 0.3 is 5.97 Å². The predicted molar refractivity (Wildman–Crippen MR) is 68.7 cm³/mol. The van der Waals surface area contributed by atoms with Crippen LogP contribution >= 0.6 is 0 Å². The molecule has 2 N–H and O–H groups in total. The number of aromatic nitrogens is 1. The molecule has 1 amide bonds. The molecule has 0 spiro atoms. The van der Waals surface area contributed by atoms with Crippen LogP contribution in [0.3, 0.4) is 0 Å². The van der Waals surface area contributed by atoms with Crippen molar-refractivity contribution in [2.45, 2.75) is 17.9 Å². The van der Waals surface area contributed by atoms with E-state index in [1.807, 2.05) is 0 Å². The van der Waals surface area contributed by atoms with E-state index in [9.17, 15) is 18.0 Å². The number of carbonyl (C=O) groups excluding carboxylic acids is 1. The largest absolute Gasteiger partial charge is 0.477 e. The molecule has 2 heterocycles. The van der Waals surface area contributed by atoms with Gasteiger partial charge in [-0.25, -0.2) is 13.2 Å². The topological polar surface area (TPSA) is 109 Å². The van der Waals surface area contributed by atoms with E-state index in [0.29, 0.717) is 0 Å². The maximum Gasteiger partial charge on any atom is 0.352 e. The molecule has 2 rings (SSSR count). The number of carboxylic acids is 1. The van der Waals surface area contributed by atoms with Gasteiger partial charge in [0.2, 0.25) is 15.9 Å². The highest BCUT2D eigenvalue weighted by molar-refractivity contribution is 7.89. The van der Waals surface area contributed by atoms with Gasteiger partial charge in [0, 0.05) is 26.3 Å². The molecule has 1 aliphatic heterocycles. The molecule has 1 aliphatic rings. The number of nitrogens with zero attached hydrogens (tertiary/aromatic N) is 2. The zero-order valence-electron chi connectivity index (χ0n) is 11.0. The number of hydrogen-bond acceptors (Lipinski definition) is 4. The summed E-state index contributed by atoms with van der Waals surface area (Å²) in [6.07, 6.45) is 1.23. The molecule has 9 heteroatoms. The van der Waals surface area contributed by atoms with E-state index in [-0.39, 0.29) is 29.6 Å². The Labute approximate surface area is 116 Å². The first kappa shape index (κ1) is 14.5. The molecule has 0 radical (unpaired) electrons. The maximum atomic E-state index is 12.5. The first-order chi connectivity index (χ1) is 9.25. The molecule has 20 heavy (non-hydrogen) atoms. The van der Waals surface area contributed by atoms with E-state index in [1.54, 1.807) is 0 Å². The Kier molecular flexibility index (Phi) is 3.57. The summed E-state index contributed by atoms with van der Waals surface area (Å²) in [5.41, 5.74) is -0.127. The van der Waals surface area contributed by atoms with Crippen molar-refractivity contribution in [2.24, 2.45) is 7.05 Å². The van der Waals surface area contributed by atoms with Crippen molar-refractivity contribution in [2.75, 3.05) is 13.1 Å². The average molecular weight is 301 g/mol. The highest BCUT2D eigenvalue weighted by Gasteiger charge is 2.36. The van der Waals surface area contributed by atoms with Crippen molar-refractivity contribution in [3.8, 4) is 0 Å². The number of hydrogen-bond donors (Lipinski definition) is 2. The molecule has 1 fully saturated rings. The second kappa shape index (κ2) is 4.91. The smallest absolute Gasteiger partial charge is 0.352 e. The van der Waals surface area contributed by atoms with E-state index < -0.39 is 22.0 Å². The minimum absolute atomic E-state index is 0.126. The Balaban J connectivity index is 2.42. The predicted octanol–water partition coefficient (Wildman–Crippen LogP) is -0.768. The van der Waals surface area contributed by atoms with Gasteiger partial charge in [-0.2, -0.15) is 4.31 Å². The van der Waals surface area contributed by atoms with Gasteiger partial charge in [-0.05, 0) is 13.0 Å². The number of amides is 1. The summed E-state index contributed by atoms with van der Waals surface area (Å²) >= 11 is 0. The van der Waals surface area contributed by atoms with Crippen molar-refractivity contribution in [3.63, 3.8) is 0 Å². The second-order valence-corrected chi connectivity index (χ2v) is 6.45. The third-order valence-electron chi connectivity index (χ3n) is 3.25. The van der Waals surface area contributed by atoms with Crippen molar-refractivity contribution >= 4 is 21.9 Å². The van der Waals surface area contributed by atoms with Gasteiger partial charge in [-0.1, -0.05) is 0 Å². The summed E-state index contributed by atoms with van der Waals surface area (Å²) in [6, 6.07) is 0.277. The third-order valence-corrected chi connectivity index (χ3v) is 5.18. The van der Waals surface area contributed by atoms with Gasteiger partial charge in [0.05, 0.1) is 0 Å². The number of rotatable bonds is 3. The second-order valence-electron chi connectivity index (χ2n) is 4.56. The quantitative estimate of drug-likeness (QED) is 0.762. The number of carboxylic acid groups (broad SMARTS) is 1.